The fourth-order valence-electron chi connectivity index (χ4n) is 1.35. The third-order valence-electron chi connectivity index (χ3n) is 2.41. The molecule has 0 saturated heterocycles. The molecule has 0 bridgehead atoms. The van der Waals surface area contributed by atoms with Crippen molar-refractivity contribution in [2.45, 2.75) is 25.7 Å². The molecule has 0 unspecified atom stereocenters. The van der Waals surface area contributed by atoms with Gasteiger partial charge in [-0.1, -0.05) is 10.3 Å². The van der Waals surface area contributed by atoms with Gasteiger partial charge in [0.1, 0.15) is 0 Å². The van der Waals surface area contributed by atoms with E-state index in [1.165, 1.54) is 0 Å². The van der Waals surface area contributed by atoms with Gasteiger partial charge in [-0.05, 0) is 12.8 Å². The van der Waals surface area contributed by atoms with Gasteiger partial charge in [-0.3, -0.25) is 9.13 Å². The molecule has 20 heavy (non-hydrogen) atoms. The van der Waals surface area contributed by atoms with E-state index >= 15 is 0 Å². The number of rotatable bonds is 9. The van der Waals surface area contributed by atoms with E-state index in [0.29, 0.717) is 0 Å². The maximum absolute atomic E-state index is 11.9. The first-order valence-electron chi connectivity index (χ1n) is 5.45. The van der Waals surface area contributed by atoms with Gasteiger partial charge in [0.05, 0.1) is 0 Å². The summed E-state index contributed by atoms with van der Waals surface area (Å²) in [7, 11) is -5.93. The molecule has 0 aliphatic rings. The fraction of sp³-hybridized carbons (Fsp3) is 0.750. The van der Waals surface area contributed by atoms with Crippen LogP contribution in [0.3, 0.4) is 0 Å². The number of nitrogens with zero attached hydrogens (tertiary/aromatic N) is 2. The Morgan fingerprint density at radius 3 is 1.65 bits per heavy atom. The van der Waals surface area contributed by atoms with Crippen LogP contribution in [0.2, 0.25) is 0 Å². The molecule has 0 aromatic carbocycles. The quantitative estimate of drug-likeness (QED) is 0.163. The first kappa shape index (κ1) is 19.2. The van der Waals surface area contributed by atoms with Crippen LogP contribution in [0.1, 0.15) is 25.7 Å². The molecule has 0 aromatic rings. The van der Waals surface area contributed by atoms with E-state index in [4.69, 9.17) is 20.2 Å². The van der Waals surface area contributed by atoms with Crippen LogP contribution in [0.5, 0.6) is 0 Å². The number of hydrogen-bond acceptors (Lipinski definition) is 8. The Morgan fingerprint density at radius 2 is 1.35 bits per heavy atom. The predicted octanol–water partition coefficient (Wildman–Crippen LogP) is 1.79. The van der Waals surface area contributed by atoms with Crippen molar-refractivity contribution in [3.05, 3.63) is 0 Å². The predicted molar refractivity (Wildman–Crippen MR) is 70.6 cm³/mol. The van der Waals surface area contributed by atoms with Crippen LogP contribution in [0.25, 0.3) is 0 Å². The summed E-state index contributed by atoms with van der Waals surface area (Å²) in [6.07, 6.45) is 0.380. The Bertz CT molecular complexity index is 449. The SMILES string of the molecule is COP(=O)(OC)/C(CCCC/C(=N/O)P(=O)(O)O)=N\O. The molecular formula is C8H18N2O8P2. The first-order valence-corrected chi connectivity index (χ1v) is 8.60. The molecule has 0 fully saturated rings. The molecule has 0 aliphatic carbocycles. The van der Waals surface area contributed by atoms with Crippen molar-refractivity contribution in [1.29, 1.82) is 0 Å². The van der Waals surface area contributed by atoms with E-state index in [0.717, 1.165) is 14.2 Å². The van der Waals surface area contributed by atoms with Crippen molar-refractivity contribution >= 4 is 26.1 Å². The lowest BCUT2D eigenvalue weighted by Gasteiger charge is -2.14. The molecule has 0 saturated carbocycles. The monoisotopic (exact) mass is 332 g/mol. The molecule has 0 heterocycles. The van der Waals surface area contributed by atoms with Gasteiger partial charge in [0.15, 0.2) is 10.9 Å². The topological polar surface area (TPSA) is 158 Å². The van der Waals surface area contributed by atoms with E-state index in [1.54, 1.807) is 0 Å². The molecule has 0 radical (unpaired) electrons. The highest BCUT2D eigenvalue weighted by molar-refractivity contribution is 7.72. The summed E-state index contributed by atoms with van der Waals surface area (Å²) in [6.45, 7) is 0. The van der Waals surface area contributed by atoms with Crippen LogP contribution in [0, 0.1) is 0 Å². The molecule has 0 aliphatic heterocycles. The molecule has 0 rings (SSSR count). The van der Waals surface area contributed by atoms with Crippen LogP contribution in [0.15, 0.2) is 10.3 Å². The van der Waals surface area contributed by atoms with Gasteiger partial charge in [0, 0.05) is 27.1 Å². The third kappa shape index (κ3) is 5.70. The zero-order valence-electron chi connectivity index (χ0n) is 11.0. The van der Waals surface area contributed by atoms with E-state index in [1.807, 2.05) is 0 Å². The highest BCUT2D eigenvalue weighted by atomic mass is 31.2. The lowest BCUT2D eigenvalue weighted by molar-refractivity contribution is 0.282. The zero-order chi connectivity index (χ0) is 15.8. The Morgan fingerprint density at radius 1 is 0.950 bits per heavy atom. The second kappa shape index (κ2) is 8.51. The summed E-state index contributed by atoms with van der Waals surface area (Å²) in [6, 6.07) is 0. The summed E-state index contributed by atoms with van der Waals surface area (Å²) >= 11 is 0. The lowest BCUT2D eigenvalue weighted by atomic mass is 10.2. The maximum Gasteiger partial charge on any atom is 0.378 e. The molecule has 10 nitrogen and oxygen atoms in total. The summed E-state index contributed by atoms with van der Waals surface area (Å²) < 4.78 is 32.1. The first-order chi connectivity index (χ1) is 9.25. The van der Waals surface area contributed by atoms with Gasteiger partial charge in [-0.2, -0.15) is 0 Å². The third-order valence-corrected chi connectivity index (χ3v) is 5.31. The average molecular weight is 332 g/mol. The van der Waals surface area contributed by atoms with E-state index < -0.39 is 20.6 Å². The van der Waals surface area contributed by atoms with Gasteiger partial charge >= 0.3 is 15.2 Å². The minimum absolute atomic E-state index is 0.0370. The molecule has 0 spiro atoms. The Labute approximate surface area is 115 Å². The molecule has 4 N–H and O–H groups in total. The maximum atomic E-state index is 11.9. The van der Waals surface area contributed by atoms with Gasteiger partial charge < -0.3 is 29.2 Å². The van der Waals surface area contributed by atoms with Crippen LogP contribution in [-0.2, 0) is 18.2 Å². The van der Waals surface area contributed by atoms with Crippen molar-refractivity contribution in [3.8, 4) is 0 Å². The highest BCUT2D eigenvalue weighted by Crippen LogP contribution is 2.49. The van der Waals surface area contributed by atoms with E-state index in [-0.39, 0.29) is 31.1 Å². The summed E-state index contributed by atoms with van der Waals surface area (Å²) in [4.78, 5) is 17.6. The summed E-state index contributed by atoms with van der Waals surface area (Å²) in [5.41, 5.74) is -0.831. The summed E-state index contributed by atoms with van der Waals surface area (Å²) in [5, 5.41) is 22.6. The normalized spacial score (nSPS) is 14.6. The standard InChI is InChI=1S/C8H18N2O8P2/c1-17-20(16,18-2)8(10-12)6-4-3-5-7(9-11)19(13,14)15/h11-12H,3-6H2,1-2H3,(H2,13,14,15)/b9-7-,10-8-. The molecule has 0 amide bonds. The van der Waals surface area contributed by atoms with Gasteiger partial charge in [0.25, 0.3) is 0 Å². The van der Waals surface area contributed by atoms with Crippen molar-refractivity contribution in [3.63, 3.8) is 0 Å². The van der Waals surface area contributed by atoms with Gasteiger partial charge in [-0.15, -0.1) is 0 Å². The zero-order valence-corrected chi connectivity index (χ0v) is 12.8. The minimum Gasteiger partial charge on any atom is -0.410 e. The molecule has 0 aromatic heterocycles. The molecule has 118 valence electrons. The van der Waals surface area contributed by atoms with Crippen molar-refractivity contribution < 1.29 is 38.4 Å². The van der Waals surface area contributed by atoms with Crippen LogP contribution in [-0.4, -0.2) is 45.3 Å². The average Bonchev–Trinajstić information content (AvgIpc) is 2.40. The second-order valence-corrected chi connectivity index (χ2v) is 7.49. The Kier molecular flexibility index (Phi) is 8.19. The Balaban J connectivity index is 4.45. The number of oxime groups is 2. The number of hydrogen-bond donors (Lipinski definition) is 4. The van der Waals surface area contributed by atoms with E-state index in [2.05, 4.69) is 19.4 Å². The van der Waals surface area contributed by atoms with Crippen LogP contribution in [0.4, 0.5) is 0 Å². The van der Waals surface area contributed by atoms with Gasteiger partial charge in [-0.25, -0.2) is 0 Å². The minimum atomic E-state index is -4.57. The van der Waals surface area contributed by atoms with Crippen LogP contribution < -0.4 is 0 Å². The van der Waals surface area contributed by atoms with E-state index in [9.17, 15) is 9.13 Å². The molecule has 0 atom stereocenters. The largest absolute Gasteiger partial charge is 0.410 e. The van der Waals surface area contributed by atoms with Crippen molar-refractivity contribution in [2.24, 2.45) is 10.3 Å². The number of unbranched alkanes of at least 4 members (excludes halogenated alkanes) is 1. The van der Waals surface area contributed by atoms with Gasteiger partial charge in [0.2, 0.25) is 0 Å². The smallest absolute Gasteiger partial charge is 0.378 e. The summed E-state index contributed by atoms with van der Waals surface area (Å²) in [5.74, 6) is 0. The van der Waals surface area contributed by atoms with Crippen molar-refractivity contribution in [2.75, 3.05) is 14.2 Å². The second-order valence-electron chi connectivity index (χ2n) is 3.65. The highest BCUT2D eigenvalue weighted by Gasteiger charge is 2.30. The lowest BCUT2D eigenvalue weighted by Crippen LogP contribution is -2.05. The van der Waals surface area contributed by atoms with Crippen molar-refractivity contribution in [1.82, 2.24) is 0 Å². The fourth-order valence-corrected chi connectivity index (χ4v) is 3.03. The molecular weight excluding hydrogens is 314 g/mol. The van der Waals surface area contributed by atoms with Crippen LogP contribution >= 0.6 is 15.2 Å². The molecule has 12 heteroatoms. The Hall–Kier alpha value is -0.760.